The quantitative estimate of drug-likeness (QED) is 0.477. The van der Waals surface area contributed by atoms with Crippen molar-refractivity contribution in [2.45, 2.75) is 58.3 Å². The van der Waals surface area contributed by atoms with E-state index >= 15 is 0 Å². The number of nitrogens with one attached hydrogen (secondary N) is 1. The van der Waals surface area contributed by atoms with E-state index in [9.17, 15) is 29.7 Å². The third kappa shape index (κ3) is 3.64. The lowest BCUT2D eigenvalue weighted by atomic mass is 9.85. The van der Waals surface area contributed by atoms with E-state index in [0.717, 1.165) is 10.8 Å². The summed E-state index contributed by atoms with van der Waals surface area (Å²) < 4.78 is 6.29. The molecule has 5 atom stereocenters. The third-order valence-corrected chi connectivity index (χ3v) is 4.10. The number of nitrogens with zero attached hydrogens (tertiary/aromatic N) is 1. The summed E-state index contributed by atoms with van der Waals surface area (Å²) in [5.74, 6) is 4.44. The summed E-state index contributed by atoms with van der Waals surface area (Å²) in [7, 11) is 0. The highest BCUT2D eigenvalue weighted by molar-refractivity contribution is 5.88. The first kappa shape index (κ1) is 20.1. The molecular formula is C17H22N2O7. The van der Waals surface area contributed by atoms with Crippen molar-refractivity contribution in [2.75, 3.05) is 0 Å². The Kier molecular flexibility index (Phi) is 5.53. The molecule has 9 heteroatoms. The topological polar surface area (TPSA) is 142 Å². The van der Waals surface area contributed by atoms with Gasteiger partial charge in [0.2, 0.25) is 0 Å². The molecule has 0 spiro atoms. The lowest BCUT2D eigenvalue weighted by molar-refractivity contribution is -0.149. The van der Waals surface area contributed by atoms with Crippen molar-refractivity contribution in [2.24, 2.45) is 5.41 Å². The van der Waals surface area contributed by atoms with Gasteiger partial charge in [-0.15, -0.1) is 5.92 Å². The van der Waals surface area contributed by atoms with E-state index < -0.39 is 53.1 Å². The first-order valence-electron chi connectivity index (χ1n) is 8.01. The van der Waals surface area contributed by atoms with Gasteiger partial charge in [-0.2, -0.15) is 0 Å². The first-order chi connectivity index (χ1) is 12.0. The SMILES string of the molecule is CC#Cc1cn([C@@H]2O[C@H](C(O)C(=O)C(C)(C)C)[C@@H](O)[C@@H]2O)c(=O)[nH]c1=O. The maximum absolute atomic E-state index is 12.2. The van der Waals surface area contributed by atoms with E-state index in [0.29, 0.717) is 0 Å². The molecule has 1 fully saturated rings. The maximum atomic E-state index is 12.2. The Morgan fingerprint density at radius 3 is 2.46 bits per heavy atom. The molecule has 1 aliphatic rings. The van der Waals surface area contributed by atoms with E-state index in [-0.39, 0.29) is 5.56 Å². The Balaban J connectivity index is 2.40. The summed E-state index contributed by atoms with van der Waals surface area (Å²) >= 11 is 0. The van der Waals surface area contributed by atoms with E-state index in [1.54, 1.807) is 20.8 Å². The average molecular weight is 366 g/mol. The fourth-order valence-corrected chi connectivity index (χ4v) is 2.67. The second kappa shape index (κ2) is 7.17. The van der Waals surface area contributed by atoms with Crippen molar-refractivity contribution in [1.29, 1.82) is 0 Å². The van der Waals surface area contributed by atoms with Gasteiger partial charge in [0.1, 0.15) is 30.0 Å². The Bertz CT molecular complexity index is 868. The molecule has 0 amide bonds. The molecule has 2 rings (SSSR count). The summed E-state index contributed by atoms with van der Waals surface area (Å²) in [4.78, 5) is 38.1. The number of carbonyl (C=O) groups is 1. The predicted octanol–water partition coefficient (Wildman–Crippen LogP) is -1.50. The number of ether oxygens (including phenoxy) is 1. The molecule has 1 aromatic heterocycles. The number of carbonyl (C=O) groups excluding carboxylic acids is 1. The Morgan fingerprint density at radius 2 is 1.92 bits per heavy atom. The van der Waals surface area contributed by atoms with Crippen LogP contribution in [-0.4, -0.2) is 55.1 Å². The zero-order chi connectivity index (χ0) is 19.8. The second-order valence-electron chi connectivity index (χ2n) is 7.12. The van der Waals surface area contributed by atoms with Crippen LogP contribution in [-0.2, 0) is 9.53 Å². The summed E-state index contributed by atoms with van der Waals surface area (Å²) in [6.07, 6.45) is -6.65. The van der Waals surface area contributed by atoms with Gasteiger partial charge in [-0.1, -0.05) is 26.7 Å². The van der Waals surface area contributed by atoms with Gasteiger partial charge in [-0.25, -0.2) is 4.79 Å². The number of aliphatic hydroxyl groups is 3. The number of aliphatic hydroxyl groups excluding tert-OH is 3. The van der Waals surface area contributed by atoms with Gasteiger partial charge in [-0.3, -0.25) is 19.1 Å². The summed E-state index contributed by atoms with van der Waals surface area (Å²) in [5.41, 5.74) is -2.52. The van der Waals surface area contributed by atoms with Crippen molar-refractivity contribution in [3.63, 3.8) is 0 Å². The number of ketones is 1. The molecule has 142 valence electrons. The molecule has 0 bridgehead atoms. The van der Waals surface area contributed by atoms with Crippen LogP contribution in [0.4, 0.5) is 0 Å². The minimum atomic E-state index is -1.70. The number of Topliss-reactive ketones (excluding diaryl/α,β-unsaturated/α-hetero) is 1. The minimum absolute atomic E-state index is 0.0350. The molecule has 0 radical (unpaired) electrons. The van der Waals surface area contributed by atoms with Crippen LogP contribution in [0.2, 0.25) is 0 Å². The van der Waals surface area contributed by atoms with Gasteiger partial charge in [-0.05, 0) is 6.92 Å². The summed E-state index contributed by atoms with van der Waals surface area (Å²) in [6.45, 7) is 6.28. The van der Waals surface area contributed by atoms with Crippen LogP contribution in [0.5, 0.6) is 0 Å². The molecule has 0 aromatic carbocycles. The Morgan fingerprint density at radius 1 is 1.31 bits per heavy atom. The molecule has 1 aromatic rings. The fourth-order valence-electron chi connectivity index (χ4n) is 2.67. The Labute approximate surface area is 149 Å². The third-order valence-electron chi connectivity index (χ3n) is 4.10. The number of H-pyrrole nitrogens is 1. The number of aromatic amines is 1. The fraction of sp³-hybridized carbons (Fsp3) is 0.588. The normalized spacial score (nSPS) is 26.9. The second-order valence-corrected chi connectivity index (χ2v) is 7.12. The zero-order valence-electron chi connectivity index (χ0n) is 14.9. The van der Waals surface area contributed by atoms with Gasteiger partial charge in [0, 0.05) is 11.6 Å². The first-order valence-corrected chi connectivity index (χ1v) is 8.01. The van der Waals surface area contributed by atoms with E-state index in [4.69, 9.17) is 4.74 Å². The summed E-state index contributed by atoms with van der Waals surface area (Å²) in [5, 5.41) is 30.7. The van der Waals surface area contributed by atoms with E-state index in [1.165, 1.54) is 6.92 Å². The molecule has 26 heavy (non-hydrogen) atoms. The summed E-state index contributed by atoms with van der Waals surface area (Å²) in [6, 6.07) is 0. The minimum Gasteiger partial charge on any atom is -0.387 e. The van der Waals surface area contributed by atoms with Crippen LogP contribution in [0.15, 0.2) is 15.8 Å². The monoisotopic (exact) mass is 366 g/mol. The number of hydrogen-bond donors (Lipinski definition) is 4. The smallest absolute Gasteiger partial charge is 0.330 e. The molecule has 1 aliphatic heterocycles. The Hall–Kier alpha value is -2.25. The van der Waals surface area contributed by atoms with Crippen LogP contribution < -0.4 is 11.2 Å². The number of aromatic nitrogens is 2. The lowest BCUT2D eigenvalue weighted by Gasteiger charge is -2.26. The molecule has 0 aliphatic carbocycles. The van der Waals surface area contributed by atoms with E-state index in [2.05, 4.69) is 11.8 Å². The van der Waals surface area contributed by atoms with Gasteiger partial charge < -0.3 is 20.1 Å². The highest BCUT2D eigenvalue weighted by atomic mass is 16.6. The lowest BCUT2D eigenvalue weighted by Crippen LogP contribution is -2.46. The maximum Gasteiger partial charge on any atom is 0.330 e. The molecule has 0 saturated carbocycles. The van der Waals surface area contributed by atoms with Crippen LogP contribution in [0.25, 0.3) is 0 Å². The molecule has 9 nitrogen and oxygen atoms in total. The number of hydrogen-bond acceptors (Lipinski definition) is 7. The van der Waals surface area contributed by atoms with E-state index in [1.807, 2.05) is 4.98 Å². The average Bonchev–Trinajstić information content (AvgIpc) is 2.84. The van der Waals surface area contributed by atoms with Crippen molar-refractivity contribution in [3.05, 3.63) is 32.6 Å². The van der Waals surface area contributed by atoms with Gasteiger partial charge in [0.05, 0.1) is 0 Å². The highest BCUT2D eigenvalue weighted by Crippen LogP contribution is 2.32. The molecule has 1 saturated heterocycles. The number of rotatable bonds is 3. The molecule has 2 heterocycles. The van der Waals surface area contributed by atoms with Gasteiger partial charge in [0.25, 0.3) is 5.56 Å². The van der Waals surface area contributed by atoms with Crippen LogP contribution in [0, 0.1) is 17.3 Å². The van der Waals surface area contributed by atoms with Crippen molar-refractivity contribution < 1.29 is 24.9 Å². The van der Waals surface area contributed by atoms with Crippen LogP contribution in [0.3, 0.4) is 0 Å². The van der Waals surface area contributed by atoms with Crippen LogP contribution >= 0.6 is 0 Å². The van der Waals surface area contributed by atoms with Gasteiger partial charge >= 0.3 is 5.69 Å². The van der Waals surface area contributed by atoms with Crippen molar-refractivity contribution in [3.8, 4) is 11.8 Å². The molecule has 1 unspecified atom stereocenters. The molecule has 4 N–H and O–H groups in total. The zero-order valence-corrected chi connectivity index (χ0v) is 14.9. The predicted molar refractivity (Wildman–Crippen MR) is 90.3 cm³/mol. The molecular weight excluding hydrogens is 344 g/mol. The van der Waals surface area contributed by atoms with Gasteiger partial charge in [0.15, 0.2) is 12.0 Å². The van der Waals surface area contributed by atoms with Crippen LogP contribution in [0.1, 0.15) is 39.5 Å². The largest absolute Gasteiger partial charge is 0.387 e. The standard InChI is InChI=1S/C17H22N2O7/c1-5-6-8-7-19(16(25)18-14(8)24)15-10(21)9(20)12(26-15)11(22)13(23)17(2,3)4/h7,9-12,15,20-22H,1-4H3,(H,18,24,25)/t9-,10-,11?,12-,15+/m0/s1. The van der Waals surface area contributed by atoms with Crippen molar-refractivity contribution >= 4 is 5.78 Å². The highest BCUT2D eigenvalue weighted by Gasteiger charge is 2.50. The van der Waals surface area contributed by atoms with Crippen molar-refractivity contribution in [1.82, 2.24) is 9.55 Å².